The third-order valence-electron chi connectivity index (χ3n) is 4.39. The quantitative estimate of drug-likeness (QED) is 0.803. The van der Waals surface area contributed by atoms with Crippen molar-refractivity contribution >= 4 is 27.3 Å². The summed E-state index contributed by atoms with van der Waals surface area (Å²) in [6, 6.07) is 5.51. The van der Waals surface area contributed by atoms with Gasteiger partial charge in [-0.1, -0.05) is 17.7 Å². The fraction of sp³-hybridized carbons (Fsp3) is 0.389. The number of hydrogen-bond donors (Lipinski definition) is 2. The van der Waals surface area contributed by atoms with Crippen molar-refractivity contribution in [1.82, 2.24) is 10.3 Å². The number of carbonyl (C=O) groups is 1. The number of carbonyl (C=O) groups excluding carboxylic acids is 1. The van der Waals surface area contributed by atoms with E-state index in [0.717, 1.165) is 31.2 Å². The van der Waals surface area contributed by atoms with Gasteiger partial charge in [-0.25, -0.2) is 8.42 Å². The first-order valence-electron chi connectivity index (χ1n) is 8.29. The largest absolute Gasteiger partial charge is 0.276 e. The van der Waals surface area contributed by atoms with Gasteiger partial charge in [-0.15, -0.1) is 16.2 Å². The van der Waals surface area contributed by atoms with Crippen molar-refractivity contribution in [1.29, 1.82) is 0 Å². The van der Waals surface area contributed by atoms with Crippen LogP contribution in [-0.4, -0.2) is 14.3 Å². The van der Waals surface area contributed by atoms with Gasteiger partial charge in [0, 0.05) is 4.88 Å². The molecule has 0 bridgehead atoms. The minimum absolute atomic E-state index is 0.212. The van der Waals surface area contributed by atoms with E-state index < -0.39 is 15.9 Å². The number of nitrogens with one attached hydrogen (secondary N) is 2. The number of fused-ring (bicyclic) bond motifs is 1. The van der Waals surface area contributed by atoms with Crippen LogP contribution in [-0.2, 0) is 22.9 Å². The fourth-order valence-corrected chi connectivity index (χ4v) is 5.86. The topological polar surface area (TPSA) is 75.3 Å². The first kappa shape index (κ1) is 18.1. The number of amides is 1. The highest BCUT2D eigenvalue weighted by Gasteiger charge is 2.22. The van der Waals surface area contributed by atoms with Gasteiger partial charge in [0.1, 0.15) is 0 Å². The van der Waals surface area contributed by atoms with Crippen molar-refractivity contribution in [2.24, 2.45) is 0 Å². The molecule has 0 radical (unpaired) electrons. The molecule has 0 unspecified atom stereocenters. The average Bonchev–Trinajstić information content (AvgIpc) is 2.95. The Morgan fingerprint density at radius 1 is 1.04 bits per heavy atom. The molecule has 2 aromatic rings. The minimum Gasteiger partial charge on any atom is -0.273 e. The molecule has 1 aliphatic carbocycles. The molecule has 1 aromatic heterocycles. The van der Waals surface area contributed by atoms with Crippen LogP contribution in [0.5, 0.6) is 0 Å². The SMILES string of the molecule is Cc1cc(C)c(S(=O)(=O)NNC(=O)c2cc3c(s2)CCCC3)c(C)c1. The molecule has 0 saturated carbocycles. The first-order valence-corrected chi connectivity index (χ1v) is 10.6. The molecular formula is C18H22N2O3S2. The highest BCUT2D eigenvalue weighted by molar-refractivity contribution is 7.89. The Bertz CT molecular complexity index is 883. The monoisotopic (exact) mass is 378 g/mol. The van der Waals surface area contributed by atoms with E-state index in [1.807, 2.05) is 25.1 Å². The van der Waals surface area contributed by atoms with Gasteiger partial charge in [0.15, 0.2) is 0 Å². The third-order valence-corrected chi connectivity index (χ3v) is 7.18. The van der Waals surface area contributed by atoms with E-state index in [0.29, 0.717) is 16.0 Å². The molecule has 7 heteroatoms. The van der Waals surface area contributed by atoms with Gasteiger partial charge in [-0.05, 0) is 69.2 Å². The molecule has 1 heterocycles. The highest BCUT2D eigenvalue weighted by atomic mass is 32.2. The number of thiophene rings is 1. The number of sulfonamides is 1. The Balaban J connectivity index is 1.76. The van der Waals surface area contributed by atoms with Crippen molar-refractivity contribution < 1.29 is 13.2 Å². The lowest BCUT2D eigenvalue weighted by atomic mass is 9.99. The summed E-state index contributed by atoms with van der Waals surface area (Å²) in [6.45, 7) is 5.43. The Hall–Kier alpha value is -1.70. The van der Waals surface area contributed by atoms with Gasteiger partial charge in [-0.3, -0.25) is 10.2 Å². The normalized spacial score (nSPS) is 14.2. The number of hydrogen-bond acceptors (Lipinski definition) is 4. The zero-order valence-corrected chi connectivity index (χ0v) is 16.2. The predicted octanol–water partition coefficient (Wildman–Crippen LogP) is 3.18. The summed E-state index contributed by atoms with van der Waals surface area (Å²) >= 11 is 1.45. The highest BCUT2D eigenvalue weighted by Crippen LogP contribution is 2.29. The van der Waals surface area contributed by atoms with E-state index in [2.05, 4.69) is 10.3 Å². The minimum atomic E-state index is -3.82. The van der Waals surface area contributed by atoms with E-state index in [4.69, 9.17) is 0 Å². The molecule has 25 heavy (non-hydrogen) atoms. The summed E-state index contributed by atoms with van der Waals surface area (Å²) in [5.74, 6) is -0.412. The summed E-state index contributed by atoms with van der Waals surface area (Å²) in [6.07, 6.45) is 4.28. The van der Waals surface area contributed by atoms with Crippen LogP contribution in [0.2, 0.25) is 0 Å². The maximum atomic E-state index is 12.6. The number of hydrazine groups is 1. The zero-order chi connectivity index (χ0) is 18.2. The Kier molecular flexibility index (Phi) is 4.99. The van der Waals surface area contributed by atoms with Crippen molar-refractivity contribution in [3.05, 3.63) is 50.2 Å². The third kappa shape index (κ3) is 3.78. The number of rotatable bonds is 4. The summed E-state index contributed by atoms with van der Waals surface area (Å²) in [5.41, 5.74) is 5.88. The van der Waals surface area contributed by atoms with Crippen LogP contribution in [0.25, 0.3) is 0 Å². The van der Waals surface area contributed by atoms with E-state index in [1.54, 1.807) is 13.8 Å². The lowest BCUT2D eigenvalue weighted by molar-refractivity contribution is 0.0949. The second kappa shape index (κ2) is 6.90. The van der Waals surface area contributed by atoms with Gasteiger partial charge in [0.05, 0.1) is 9.77 Å². The van der Waals surface area contributed by atoms with Gasteiger partial charge in [-0.2, -0.15) is 0 Å². The van der Waals surface area contributed by atoms with E-state index in [-0.39, 0.29) is 4.90 Å². The molecule has 0 fully saturated rings. The van der Waals surface area contributed by atoms with Crippen LogP contribution in [0, 0.1) is 20.8 Å². The van der Waals surface area contributed by atoms with E-state index >= 15 is 0 Å². The molecule has 134 valence electrons. The maximum absolute atomic E-state index is 12.6. The van der Waals surface area contributed by atoms with E-state index in [1.165, 1.54) is 21.8 Å². The van der Waals surface area contributed by atoms with Crippen LogP contribution >= 0.6 is 11.3 Å². The number of aryl methyl sites for hydroxylation is 5. The molecular weight excluding hydrogens is 356 g/mol. The summed E-state index contributed by atoms with van der Waals surface area (Å²) < 4.78 is 25.2. The summed E-state index contributed by atoms with van der Waals surface area (Å²) in [7, 11) is -3.82. The van der Waals surface area contributed by atoms with Crippen LogP contribution in [0.15, 0.2) is 23.1 Å². The first-order chi connectivity index (χ1) is 11.8. The van der Waals surface area contributed by atoms with Crippen LogP contribution in [0.3, 0.4) is 0 Å². The van der Waals surface area contributed by atoms with Gasteiger partial charge in [0.2, 0.25) is 0 Å². The molecule has 2 N–H and O–H groups in total. The van der Waals surface area contributed by atoms with Crippen LogP contribution in [0.1, 0.15) is 49.6 Å². The predicted molar refractivity (Wildman–Crippen MR) is 99.4 cm³/mol. The number of benzene rings is 1. The van der Waals surface area contributed by atoms with Crippen LogP contribution < -0.4 is 10.3 Å². The Labute approximate surface area is 152 Å². The Morgan fingerprint density at radius 2 is 1.68 bits per heavy atom. The molecule has 1 amide bonds. The second-order valence-corrected chi connectivity index (χ2v) is 9.31. The van der Waals surface area contributed by atoms with Gasteiger partial charge < -0.3 is 0 Å². The summed E-state index contributed by atoms with van der Waals surface area (Å²) in [4.78, 5) is 16.6. The second-order valence-electron chi connectivity index (χ2n) is 6.55. The lowest BCUT2D eigenvalue weighted by Crippen LogP contribution is -2.41. The van der Waals surface area contributed by atoms with Crippen LogP contribution in [0.4, 0.5) is 0 Å². The molecule has 5 nitrogen and oxygen atoms in total. The molecule has 1 aliphatic rings. The van der Waals surface area contributed by atoms with Crippen molar-refractivity contribution in [2.75, 3.05) is 0 Å². The molecule has 0 saturated heterocycles. The van der Waals surface area contributed by atoms with Gasteiger partial charge in [0.25, 0.3) is 15.9 Å². The van der Waals surface area contributed by atoms with Gasteiger partial charge >= 0.3 is 0 Å². The molecule has 3 rings (SSSR count). The lowest BCUT2D eigenvalue weighted by Gasteiger charge is -2.13. The van der Waals surface area contributed by atoms with E-state index in [9.17, 15) is 13.2 Å². The Morgan fingerprint density at radius 3 is 2.32 bits per heavy atom. The average molecular weight is 379 g/mol. The molecule has 0 aliphatic heterocycles. The summed E-state index contributed by atoms with van der Waals surface area (Å²) in [5, 5.41) is 0. The molecule has 0 spiro atoms. The molecule has 0 atom stereocenters. The van der Waals surface area contributed by atoms with Crippen molar-refractivity contribution in [3.8, 4) is 0 Å². The maximum Gasteiger partial charge on any atom is 0.276 e. The zero-order valence-electron chi connectivity index (χ0n) is 14.6. The fourth-order valence-electron chi connectivity index (χ4n) is 3.42. The van der Waals surface area contributed by atoms with Crippen molar-refractivity contribution in [3.63, 3.8) is 0 Å². The standard InChI is InChI=1S/C18H22N2O3S2/c1-11-8-12(2)17(13(3)9-11)25(22,23)20-19-18(21)16-10-14-6-4-5-7-15(14)24-16/h8-10,20H,4-7H2,1-3H3,(H,19,21). The van der Waals surface area contributed by atoms with Crippen molar-refractivity contribution in [2.45, 2.75) is 51.3 Å². The smallest absolute Gasteiger partial charge is 0.273 e. The molecule has 1 aromatic carbocycles.